The molecule has 8 aromatic carbocycles. The van der Waals surface area contributed by atoms with E-state index in [2.05, 4.69) is 167 Å². The number of nitrogens with zero attached hydrogens (tertiary/aromatic N) is 2. The molecular weight excluding hydrogens is 613 g/mol. The maximum Gasteiger partial charge on any atom is 0.137 e. The van der Waals surface area contributed by atoms with Crippen LogP contribution in [0.15, 0.2) is 167 Å². The maximum atomic E-state index is 6.59. The Bertz CT molecular complexity index is 3050. The number of benzene rings is 8. The fourth-order valence-corrected chi connectivity index (χ4v) is 8.61. The fraction of sp³-hybridized carbons (Fsp3) is 0. The minimum absolute atomic E-state index is 0.875. The molecule has 0 saturated carbocycles. The van der Waals surface area contributed by atoms with E-state index in [9.17, 15) is 0 Å². The van der Waals surface area contributed by atoms with Crippen molar-refractivity contribution in [1.29, 1.82) is 0 Å². The molecule has 4 heteroatoms. The molecule has 0 N–H and O–H groups in total. The van der Waals surface area contributed by atoms with Crippen molar-refractivity contribution in [2.75, 3.05) is 0 Å². The van der Waals surface area contributed by atoms with Crippen LogP contribution in [0, 0.1) is 0 Å². The second-order valence-corrected chi connectivity index (χ2v) is 13.3. The van der Waals surface area contributed by atoms with Gasteiger partial charge in [0.1, 0.15) is 22.3 Å². The lowest BCUT2D eigenvalue weighted by molar-refractivity contribution is 0.668. The van der Waals surface area contributed by atoms with Gasteiger partial charge in [-0.3, -0.25) is 0 Å². The van der Waals surface area contributed by atoms with Gasteiger partial charge in [-0.25, -0.2) is 0 Å². The maximum absolute atomic E-state index is 6.59. The molecule has 0 saturated heterocycles. The van der Waals surface area contributed by atoms with Crippen molar-refractivity contribution in [3.8, 4) is 11.4 Å². The third-order valence-corrected chi connectivity index (χ3v) is 10.7. The second kappa shape index (κ2) is 9.43. The van der Waals surface area contributed by atoms with Gasteiger partial charge < -0.3 is 18.0 Å². The van der Waals surface area contributed by atoms with Gasteiger partial charge in [0.25, 0.3) is 0 Å². The normalized spacial score (nSPS) is 12.4. The summed E-state index contributed by atoms with van der Waals surface area (Å²) in [5, 5.41) is 11.8. The molecule has 0 bridgehead atoms. The predicted molar refractivity (Wildman–Crippen MR) is 207 cm³/mol. The number of aromatic nitrogens is 2. The van der Waals surface area contributed by atoms with Gasteiger partial charge in [-0.2, -0.15) is 0 Å². The van der Waals surface area contributed by atoms with E-state index in [0.29, 0.717) is 0 Å². The predicted octanol–water partition coefficient (Wildman–Crippen LogP) is 12.8. The summed E-state index contributed by atoms with van der Waals surface area (Å²) in [6.45, 7) is 0. The van der Waals surface area contributed by atoms with Crippen LogP contribution in [0.5, 0.6) is 0 Å². The summed E-state index contributed by atoms with van der Waals surface area (Å²) in [6.07, 6.45) is 0. The molecule has 232 valence electrons. The summed E-state index contributed by atoms with van der Waals surface area (Å²) in [5.41, 5.74) is 10.4. The van der Waals surface area contributed by atoms with Gasteiger partial charge in [-0.1, -0.05) is 72.8 Å². The first-order valence-corrected chi connectivity index (χ1v) is 17.0. The molecule has 4 heterocycles. The van der Waals surface area contributed by atoms with E-state index in [-0.39, 0.29) is 0 Å². The lowest BCUT2D eigenvalue weighted by Crippen LogP contribution is -1.93. The van der Waals surface area contributed by atoms with Gasteiger partial charge in [0.2, 0.25) is 0 Å². The second-order valence-electron chi connectivity index (χ2n) is 13.3. The fourth-order valence-electron chi connectivity index (χ4n) is 8.61. The molecule has 4 nitrogen and oxygen atoms in total. The zero-order valence-corrected chi connectivity index (χ0v) is 26.7. The minimum Gasteiger partial charge on any atom is -0.456 e. The van der Waals surface area contributed by atoms with Crippen LogP contribution in [0.4, 0.5) is 0 Å². The van der Waals surface area contributed by atoms with Crippen molar-refractivity contribution in [3.63, 3.8) is 0 Å². The van der Waals surface area contributed by atoms with Crippen LogP contribution < -0.4 is 0 Å². The van der Waals surface area contributed by atoms with Crippen LogP contribution in [0.2, 0.25) is 0 Å². The number of hydrogen-bond donors (Lipinski definition) is 0. The van der Waals surface area contributed by atoms with Crippen LogP contribution in [-0.4, -0.2) is 9.13 Å². The number of fused-ring (bicyclic) bond motifs is 15. The smallest absolute Gasteiger partial charge is 0.137 e. The van der Waals surface area contributed by atoms with Gasteiger partial charge in [-0.15, -0.1) is 0 Å². The molecule has 4 aromatic heterocycles. The lowest BCUT2D eigenvalue weighted by atomic mass is 9.99. The van der Waals surface area contributed by atoms with Crippen molar-refractivity contribution in [1.82, 2.24) is 9.13 Å². The molecular formula is C46H26N2O2. The molecule has 0 radical (unpaired) electrons. The Labute approximate surface area is 284 Å². The molecule has 0 unspecified atom stereocenters. The Morgan fingerprint density at radius 2 is 0.620 bits per heavy atom. The minimum atomic E-state index is 0.875. The monoisotopic (exact) mass is 638 g/mol. The summed E-state index contributed by atoms with van der Waals surface area (Å²) >= 11 is 0. The molecule has 12 rings (SSSR count). The molecule has 0 aliphatic heterocycles. The molecule has 0 aliphatic rings. The third kappa shape index (κ3) is 3.34. The number of hydrogen-bond acceptors (Lipinski definition) is 2. The molecule has 0 amide bonds. The van der Waals surface area contributed by atoms with Gasteiger partial charge in [0, 0.05) is 66.6 Å². The lowest BCUT2D eigenvalue weighted by Gasteiger charge is -2.08. The molecule has 0 spiro atoms. The highest BCUT2D eigenvalue weighted by Crippen LogP contribution is 2.42. The summed E-state index contributed by atoms with van der Waals surface area (Å²) in [4.78, 5) is 0. The van der Waals surface area contributed by atoms with Gasteiger partial charge >= 0.3 is 0 Å². The van der Waals surface area contributed by atoms with Gasteiger partial charge in [-0.05, 0) is 83.6 Å². The zero-order chi connectivity index (χ0) is 32.5. The summed E-state index contributed by atoms with van der Waals surface area (Å²) < 4.78 is 17.9. The first-order chi connectivity index (χ1) is 24.8. The number of furan rings is 2. The van der Waals surface area contributed by atoms with Crippen molar-refractivity contribution in [2.45, 2.75) is 0 Å². The van der Waals surface area contributed by atoms with Gasteiger partial charge in [0.15, 0.2) is 0 Å². The molecule has 12 aromatic rings. The van der Waals surface area contributed by atoms with E-state index in [1.54, 1.807) is 0 Å². The van der Waals surface area contributed by atoms with Crippen molar-refractivity contribution < 1.29 is 8.83 Å². The number of rotatable bonds is 2. The average Bonchev–Trinajstić information content (AvgIpc) is 3.91. The van der Waals surface area contributed by atoms with E-state index < -0.39 is 0 Å². The first kappa shape index (κ1) is 26.2. The van der Waals surface area contributed by atoms with Crippen molar-refractivity contribution in [2.24, 2.45) is 0 Å². The molecule has 0 fully saturated rings. The van der Waals surface area contributed by atoms with Crippen LogP contribution in [-0.2, 0) is 0 Å². The van der Waals surface area contributed by atoms with E-state index in [1.807, 2.05) is 0 Å². The SMILES string of the molecule is c1ccc2c(c1)c1ccccc1n2-c1ccc2c(c1)oc1ccc3c(ccc4oc5cc(-n6c7ccccc7c7ccccc76)ccc5c43)c12. The van der Waals surface area contributed by atoms with Crippen molar-refractivity contribution in [3.05, 3.63) is 158 Å². The summed E-state index contributed by atoms with van der Waals surface area (Å²) in [7, 11) is 0. The third-order valence-electron chi connectivity index (χ3n) is 10.7. The largest absolute Gasteiger partial charge is 0.456 e. The highest BCUT2D eigenvalue weighted by atomic mass is 16.3. The topological polar surface area (TPSA) is 36.1 Å². The van der Waals surface area contributed by atoms with Crippen molar-refractivity contribution >= 4 is 98.3 Å². The van der Waals surface area contributed by atoms with Crippen LogP contribution in [0.3, 0.4) is 0 Å². The van der Waals surface area contributed by atoms with Crippen LogP contribution >= 0.6 is 0 Å². The number of para-hydroxylation sites is 4. The Balaban J connectivity index is 1.06. The molecule has 50 heavy (non-hydrogen) atoms. The summed E-state index contributed by atoms with van der Waals surface area (Å²) in [5.74, 6) is 0. The van der Waals surface area contributed by atoms with E-state index in [0.717, 1.165) is 66.0 Å². The Morgan fingerprint density at radius 3 is 1.00 bits per heavy atom. The molecule has 0 atom stereocenters. The van der Waals surface area contributed by atoms with Crippen LogP contribution in [0.25, 0.3) is 110 Å². The highest BCUT2D eigenvalue weighted by Gasteiger charge is 2.19. The van der Waals surface area contributed by atoms with E-state index >= 15 is 0 Å². The molecule has 0 aliphatic carbocycles. The zero-order valence-electron chi connectivity index (χ0n) is 26.7. The van der Waals surface area contributed by atoms with Gasteiger partial charge in [0.05, 0.1) is 22.1 Å². The van der Waals surface area contributed by atoms with E-state index in [4.69, 9.17) is 8.83 Å². The van der Waals surface area contributed by atoms with Crippen LogP contribution in [0.1, 0.15) is 0 Å². The summed E-state index contributed by atoms with van der Waals surface area (Å²) in [6, 6.07) is 56.3. The first-order valence-electron chi connectivity index (χ1n) is 17.0. The Kier molecular flexibility index (Phi) is 4.94. The Hall–Kier alpha value is -6.78. The standard InChI is InChI=1S/C46H26N2O2/c1-5-13-37-29(9-1)30-10-2-6-14-38(30)47(37)27-17-19-35-43(25-27)49-41-23-21-34-33(45(35)41)22-24-42-46(34)36-20-18-28(26-44(36)50-42)48-39-15-7-3-11-31(39)32-12-4-8-16-40(32)48/h1-26H. The Morgan fingerprint density at radius 1 is 0.280 bits per heavy atom. The highest BCUT2D eigenvalue weighted by molar-refractivity contribution is 6.27. The average molecular weight is 639 g/mol. The van der Waals surface area contributed by atoms with E-state index in [1.165, 1.54) is 43.6 Å². The quantitative estimate of drug-likeness (QED) is 0.189.